The minimum atomic E-state index is -0.172. The molecular weight excluding hydrogens is 254 g/mol. The summed E-state index contributed by atoms with van der Waals surface area (Å²) >= 11 is 6.06. The van der Waals surface area contributed by atoms with Gasteiger partial charge in [-0.15, -0.1) is 5.10 Å². The first kappa shape index (κ1) is 12.5. The van der Waals surface area contributed by atoms with Gasteiger partial charge < -0.3 is 5.32 Å². The van der Waals surface area contributed by atoms with E-state index in [0.717, 1.165) is 5.56 Å². The number of carbonyl (C=O) groups excluding carboxylic acids is 1. The van der Waals surface area contributed by atoms with Gasteiger partial charge >= 0.3 is 0 Å². The van der Waals surface area contributed by atoms with Crippen LogP contribution in [0.2, 0.25) is 5.02 Å². The first-order chi connectivity index (χ1) is 8.66. The molecule has 18 heavy (non-hydrogen) atoms. The number of hydrogen-bond acceptors (Lipinski definition) is 4. The number of carbonyl (C=O) groups is 1. The minimum absolute atomic E-state index is 0.0851. The molecule has 0 spiro atoms. The summed E-state index contributed by atoms with van der Waals surface area (Å²) in [6, 6.07) is 7.24. The number of nitrogens with zero attached hydrogens (tertiary/aromatic N) is 4. The van der Waals surface area contributed by atoms with E-state index in [-0.39, 0.29) is 18.5 Å². The second-order valence-electron chi connectivity index (χ2n) is 3.82. The lowest BCUT2D eigenvalue weighted by molar-refractivity contribution is -0.122. The maximum atomic E-state index is 11.7. The Bertz CT molecular complexity index is 528. The molecule has 1 N–H and O–H groups in total. The van der Waals surface area contributed by atoms with Gasteiger partial charge in [-0.05, 0) is 29.0 Å². The van der Waals surface area contributed by atoms with Crippen molar-refractivity contribution in [3.8, 4) is 0 Å². The molecule has 94 valence electrons. The van der Waals surface area contributed by atoms with Crippen LogP contribution in [0.5, 0.6) is 0 Å². The van der Waals surface area contributed by atoms with Crippen LogP contribution in [0.4, 0.5) is 0 Å². The molecule has 1 aromatic carbocycles. The lowest BCUT2D eigenvalue weighted by Crippen LogP contribution is -2.30. The summed E-state index contributed by atoms with van der Waals surface area (Å²) in [4.78, 5) is 11.7. The predicted molar refractivity (Wildman–Crippen MR) is 65.8 cm³/mol. The van der Waals surface area contributed by atoms with Crippen LogP contribution in [-0.2, 0) is 11.3 Å². The Hall–Kier alpha value is -1.95. The topological polar surface area (TPSA) is 72.7 Å². The summed E-state index contributed by atoms with van der Waals surface area (Å²) in [6.07, 6.45) is 1.39. The van der Waals surface area contributed by atoms with Gasteiger partial charge in [-0.2, -0.15) is 0 Å². The van der Waals surface area contributed by atoms with E-state index in [1.54, 1.807) is 6.07 Å². The molecular formula is C11H12ClN5O. The maximum Gasteiger partial charge on any atom is 0.242 e. The monoisotopic (exact) mass is 265 g/mol. The van der Waals surface area contributed by atoms with Gasteiger partial charge in [0.2, 0.25) is 5.91 Å². The Balaban J connectivity index is 1.97. The van der Waals surface area contributed by atoms with Crippen LogP contribution in [0.1, 0.15) is 18.5 Å². The summed E-state index contributed by atoms with van der Waals surface area (Å²) in [7, 11) is 0. The third-order valence-corrected chi connectivity index (χ3v) is 2.79. The summed E-state index contributed by atoms with van der Waals surface area (Å²) in [5.74, 6) is -0.172. The van der Waals surface area contributed by atoms with Gasteiger partial charge in [0.1, 0.15) is 12.9 Å². The SMILES string of the molecule is CC(NC(=O)Cn1cnnn1)c1ccccc1Cl. The van der Waals surface area contributed by atoms with E-state index in [2.05, 4.69) is 20.8 Å². The highest BCUT2D eigenvalue weighted by molar-refractivity contribution is 6.31. The largest absolute Gasteiger partial charge is 0.348 e. The molecule has 0 aliphatic heterocycles. The van der Waals surface area contributed by atoms with Gasteiger partial charge in [0.25, 0.3) is 0 Å². The average molecular weight is 266 g/mol. The number of aromatic nitrogens is 4. The van der Waals surface area contributed by atoms with Crippen molar-refractivity contribution in [1.82, 2.24) is 25.5 Å². The molecule has 1 atom stereocenters. The van der Waals surface area contributed by atoms with E-state index in [1.807, 2.05) is 25.1 Å². The summed E-state index contributed by atoms with van der Waals surface area (Å²) in [5, 5.41) is 14.0. The zero-order chi connectivity index (χ0) is 13.0. The van der Waals surface area contributed by atoms with E-state index < -0.39 is 0 Å². The van der Waals surface area contributed by atoms with Crippen LogP contribution < -0.4 is 5.32 Å². The molecule has 1 heterocycles. The van der Waals surface area contributed by atoms with Crippen LogP contribution in [-0.4, -0.2) is 26.1 Å². The number of amides is 1. The second-order valence-corrected chi connectivity index (χ2v) is 4.23. The fourth-order valence-corrected chi connectivity index (χ4v) is 1.89. The van der Waals surface area contributed by atoms with Crippen molar-refractivity contribution in [1.29, 1.82) is 0 Å². The van der Waals surface area contributed by atoms with Crippen molar-refractivity contribution in [2.24, 2.45) is 0 Å². The molecule has 0 radical (unpaired) electrons. The van der Waals surface area contributed by atoms with Gasteiger partial charge in [0, 0.05) is 5.02 Å². The second kappa shape index (κ2) is 5.59. The van der Waals surface area contributed by atoms with Crippen molar-refractivity contribution in [3.05, 3.63) is 41.2 Å². The first-order valence-electron chi connectivity index (χ1n) is 5.41. The number of tetrazole rings is 1. The van der Waals surface area contributed by atoms with Crippen molar-refractivity contribution in [3.63, 3.8) is 0 Å². The lowest BCUT2D eigenvalue weighted by atomic mass is 10.1. The number of hydrogen-bond donors (Lipinski definition) is 1. The fraction of sp³-hybridized carbons (Fsp3) is 0.273. The zero-order valence-electron chi connectivity index (χ0n) is 9.75. The lowest BCUT2D eigenvalue weighted by Gasteiger charge is -2.15. The van der Waals surface area contributed by atoms with Crippen molar-refractivity contribution in [2.45, 2.75) is 19.5 Å². The number of benzene rings is 1. The smallest absolute Gasteiger partial charge is 0.242 e. The van der Waals surface area contributed by atoms with Gasteiger partial charge in [0.15, 0.2) is 0 Å². The van der Waals surface area contributed by atoms with Crippen molar-refractivity contribution in [2.75, 3.05) is 0 Å². The predicted octanol–water partition coefficient (Wildman–Crippen LogP) is 1.20. The van der Waals surface area contributed by atoms with Gasteiger partial charge in [0.05, 0.1) is 6.04 Å². The minimum Gasteiger partial charge on any atom is -0.348 e. The van der Waals surface area contributed by atoms with E-state index in [9.17, 15) is 4.79 Å². The molecule has 0 saturated carbocycles. The average Bonchev–Trinajstić information content (AvgIpc) is 2.82. The number of nitrogens with one attached hydrogen (secondary N) is 1. The molecule has 0 aliphatic carbocycles. The third kappa shape index (κ3) is 3.04. The first-order valence-corrected chi connectivity index (χ1v) is 5.79. The van der Waals surface area contributed by atoms with Crippen LogP contribution in [0.15, 0.2) is 30.6 Å². The Morgan fingerprint density at radius 2 is 2.28 bits per heavy atom. The molecule has 0 fully saturated rings. The Morgan fingerprint density at radius 1 is 1.50 bits per heavy atom. The zero-order valence-corrected chi connectivity index (χ0v) is 10.5. The van der Waals surface area contributed by atoms with E-state index >= 15 is 0 Å². The van der Waals surface area contributed by atoms with Gasteiger partial charge in [-0.3, -0.25) is 4.79 Å². The highest BCUT2D eigenvalue weighted by Gasteiger charge is 2.12. The standard InChI is InChI=1S/C11H12ClN5O/c1-8(9-4-2-3-5-10(9)12)14-11(18)6-17-7-13-15-16-17/h2-5,7-8H,6H2,1H3,(H,14,18). The molecule has 1 amide bonds. The Morgan fingerprint density at radius 3 is 2.94 bits per heavy atom. The van der Waals surface area contributed by atoms with Crippen molar-refractivity contribution < 1.29 is 4.79 Å². The third-order valence-electron chi connectivity index (χ3n) is 2.45. The Labute approximate surface area is 109 Å². The fourth-order valence-electron chi connectivity index (χ4n) is 1.59. The van der Waals surface area contributed by atoms with Gasteiger partial charge in [-0.1, -0.05) is 29.8 Å². The number of rotatable bonds is 4. The molecule has 0 bridgehead atoms. The van der Waals surface area contributed by atoms with Crippen molar-refractivity contribution >= 4 is 17.5 Å². The molecule has 0 aliphatic rings. The van der Waals surface area contributed by atoms with E-state index in [4.69, 9.17) is 11.6 Å². The highest BCUT2D eigenvalue weighted by Crippen LogP contribution is 2.21. The van der Waals surface area contributed by atoms with Crippen LogP contribution in [0, 0.1) is 0 Å². The van der Waals surface area contributed by atoms with Gasteiger partial charge in [-0.25, -0.2) is 4.68 Å². The molecule has 7 heteroatoms. The summed E-state index contributed by atoms with van der Waals surface area (Å²) in [6.45, 7) is 1.96. The molecule has 1 unspecified atom stereocenters. The quantitative estimate of drug-likeness (QED) is 0.902. The number of halogens is 1. The molecule has 6 nitrogen and oxygen atoms in total. The maximum absolute atomic E-state index is 11.7. The highest BCUT2D eigenvalue weighted by atomic mass is 35.5. The molecule has 0 saturated heterocycles. The normalized spacial score (nSPS) is 12.1. The summed E-state index contributed by atoms with van der Waals surface area (Å²) < 4.78 is 1.36. The van der Waals surface area contributed by atoms with Crippen LogP contribution >= 0.6 is 11.6 Å². The van der Waals surface area contributed by atoms with E-state index in [1.165, 1.54) is 11.0 Å². The molecule has 1 aromatic heterocycles. The van der Waals surface area contributed by atoms with Crippen LogP contribution in [0.3, 0.4) is 0 Å². The van der Waals surface area contributed by atoms with E-state index in [0.29, 0.717) is 5.02 Å². The molecule has 2 aromatic rings. The van der Waals surface area contributed by atoms with Crippen LogP contribution in [0.25, 0.3) is 0 Å². The molecule has 2 rings (SSSR count). The Kier molecular flexibility index (Phi) is 3.88. The summed E-state index contributed by atoms with van der Waals surface area (Å²) in [5.41, 5.74) is 0.879.